The summed E-state index contributed by atoms with van der Waals surface area (Å²) in [6.45, 7) is 2.87. The van der Waals surface area contributed by atoms with E-state index in [0.29, 0.717) is 17.4 Å². The topological polar surface area (TPSA) is 78.0 Å². The van der Waals surface area contributed by atoms with Gasteiger partial charge < -0.3 is 10.3 Å². The number of benzene rings is 1. The molecule has 0 spiro atoms. The van der Waals surface area contributed by atoms with Crippen molar-refractivity contribution in [1.82, 2.24) is 9.55 Å². The van der Waals surface area contributed by atoms with E-state index in [1.807, 2.05) is 10.6 Å². The molecular formula is C13H19N3O2S2. The lowest BCUT2D eigenvalue weighted by Gasteiger charge is -2.12. The zero-order chi connectivity index (χ0) is 14.9. The van der Waals surface area contributed by atoms with Crippen LogP contribution in [0.15, 0.2) is 23.1 Å². The normalized spacial score (nSPS) is 13.8. The number of anilines is 1. The smallest absolute Gasteiger partial charge is 0.201 e. The van der Waals surface area contributed by atoms with Gasteiger partial charge in [-0.25, -0.2) is 13.4 Å². The van der Waals surface area contributed by atoms with E-state index < -0.39 is 9.84 Å². The first kappa shape index (κ1) is 15.2. The van der Waals surface area contributed by atoms with Gasteiger partial charge in [0, 0.05) is 12.8 Å². The Bertz CT molecular complexity index is 723. The molecule has 1 unspecified atom stereocenters. The lowest BCUT2D eigenvalue weighted by Crippen LogP contribution is -2.12. The lowest BCUT2D eigenvalue weighted by molar-refractivity contribution is 0.546. The first-order chi connectivity index (χ1) is 9.34. The van der Waals surface area contributed by atoms with Crippen molar-refractivity contribution >= 4 is 38.6 Å². The molecular weight excluding hydrogens is 294 g/mol. The van der Waals surface area contributed by atoms with Crippen LogP contribution >= 0.6 is 11.8 Å². The van der Waals surface area contributed by atoms with E-state index >= 15 is 0 Å². The van der Waals surface area contributed by atoms with Gasteiger partial charge in [0.15, 0.2) is 9.84 Å². The van der Waals surface area contributed by atoms with E-state index in [1.54, 1.807) is 23.9 Å². The fourth-order valence-electron chi connectivity index (χ4n) is 2.28. The molecule has 110 valence electrons. The molecule has 0 saturated carbocycles. The summed E-state index contributed by atoms with van der Waals surface area (Å²) in [5.74, 6) is 1.82. The molecule has 0 aliphatic rings. The second-order valence-corrected chi connectivity index (χ2v) is 7.93. The highest BCUT2D eigenvalue weighted by molar-refractivity contribution is 7.98. The Morgan fingerprint density at radius 1 is 1.45 bits per heavy atom. The third-order valence-electron chi connectivity index (χ3n) is 3.12. The number of imidazole rings is 1. The van der Waals surface area contributed by atoms with Gasteiger partial charge >= 0.3 is 0 Å². The number of sulfone groups is 1. The molecule has 0 amide bonds. The van der Waals surface area contributed by atoms with Crippen molar-refractivity contribution in [3.8, 4) is 0 Å². The standard InChI is InChI=1S/C13H19N3O2S2/c1-9(8-19-2)7-16-10-5-4-6-11(20(3,17)18)12(10)15-13(16)14/h4-6,9H,7-8H2,1-3H3,(H2,14,15). The average Bonchev–Trinajstić information content (AvgIpc) is 2.65. The molecule has 2 N–H and O–H groups in total. The highest BCUT2D eigenvalue weighted by atomic mass is 32.2. The molecule has 0 aliphatic carbocycles. The third kappa shape index (κ3) is 2.93. The van der Waals surface area contributed by atoms with Gasteiger partial charge in [-0.15, -0.1) is 0 Å². The summed E-state index contributed by atoms with van der Waals surface area (Å²) < 4.78 is 25.5. The van der Waals surface area contributed by atoms with Crippen LogP contribution < -0.4 is 5.73 Å². The molecule has 1 aromatic carbocycles. The number of aromatic nitrogens is 2. The van der Waals surface area contributed by atoms with Gasteiger partial charge in [-0.1, -0.05) is 13.0 Å². The number of nitrogens with two attached hydrogens (primary N) is 1. The third-order valence-corrected chi connectivity index (χ3v) is 5.15. The van der Waals surface area contributed by atoms with Crippen LogP contribution in [0.1, 0.15) is 6.92 Å². The molecule has 7 heteroatoms. The predicted octanol–water partition coefficient (Wildman–Crippen LogP) is 2.02. The number of hydrogen-bond acceptors (Lipinski definition) is 5. The van der Waals surface area contributed by atoms with Crippen molar-refractivity contribution in [3.05, 3.63) is 18.2 Å². The molecule has 1 atom stereocenters. The monoisotopic (exact) mass is 313 g/mol. The van der Waals surface area contributed by atoms with E-state index in [2.05, 4.69) is 18.2 Å². The maximum atomic E-state index is 11.8. The first-order valence-corrected chi connectivity index (χ1v) is 9.57. The van der Waals surface area contributed by atoms with Gasteiger partial charge in [0.25, 0.3) is 0 Å². The van der Waals surface area contributed by atoms with E-state index in [1.165, 1.54) is 6.26 Å². The number of rotatable bonds is 5. The summed E-state index contributed by atoms with van der Waals surface area (Å²) in [6.07, 6.45) is 3.25. The van der Waals surface area contributed by atoms with Crippen molar-refractivity contribution in [2.75, 3.05) is 24.0 Å². The van der Waals surface area contributed by atoms with Crippen molar-refractivity contribution in [2.45, 2.75) is 18.4 Å². The molecule has 1 heterocycles. The molecule has 0 radical (unpaired) electrons. The summed E-state index contributed by atoms with van der Waals surface area (Å²) >= 11 is 1.78. The molecule has 5 nitrogen and oxygen atoms in total. The number of fused-ring (bicyclic) bond motifs is 1. The summed E-state index contributed by atoms with van der Waals surface area (Å²) in [6, 6.07) is 5.16. The van der Waals surface area contributed by atoms with Crippen molar-refractivity contribution in [3.63, 3.8) is 0 Å². The minimum atomic E-state index is -3.31. The fraction of sp³-hybridized carbons (Fsp3) is 0.462. The molecule has 0 saturated heterocycles. The first-order valence-electron chi connectivity index (χ1n) is 6.28. The summed E-state index contributed by atoms with van der Waals surface area (Å²) in [5, 5.41) is 0. The van der Waals surface area contributed by atoms with Gasteiger partial charge in [0.1, 0.15) is 5.52 Å². The van der Waals surface area contributed by atoms with Gasteiger partial charge in [-0.3, -0.25) is 0 Å². The predicted molar refractivity (Wildman–Crippen MR) is 84.8 cm³/mol. The molecule has 1 aromatic heterocycles. The van der Waals surface area contributed by atoms with Gasteiger partial charge in [-0.2, -0.15) is 11.8 Å². The molecule has 2 rings (SSSR count). The van der Waals surface area contributed by atoms with Crippen molar-refractivity contribution < 1.29 is 8.42 Å². The van der Waals surface area contributed by atoms with Crippen LogP contribution in [0, 0.1) is 5.92 Å². The Morgan fingerprint density at radius 2 is 2.15 bits per heavy atom. The zero-order valence-corrected chi connectivity index (χ0v) is 13.5. The number of thioether (sulfide) groups is 1. The van der Waals surface area contributed by atoms with Crippen LogP contribution in [-0.2, 0) is 16.4 Å². The van der Waals surface area contributed by atoms with Gasteiger partial charge in [-0.05, 0) is 30.1 Å². The van der Waals surface area contributed by atoms with Gasteiger partial charge in [0.2, 0.25) is 5.95 Å². The molecule has 0 aliphatic heterocycles. The average molecular weight is 313 g/mol. The van der Waals surface area contributed by atoms with Gasteiger partial charge in [0.05, 0.1) is 10.4 Å². The number of para-hydroxylation sites is 1. The van der Waals surface area contributed by atoms with E-state index in [-0.39, 0.29) is 4.90 Å². The second kappa shape index (κ2) is 5.65. The number of hydrogen-bond donors (Lipinski definition) is 1. The summed E-state index contributed by atoms with van der Waals surface area (Å²) in [4.78, 5) is 4.48. The maximum Gasteiger partial charge on any atom is 0.201 e. The van der Waals surface area contributed by atoms with Crippen LogP contribution in [0.2, 0.25) is 0 Å². The minimum Gasteiger partial charge on any atom is -0.369 e. The Labute approximate surface area is 123 Å². The Morgan fingerprint density at radius 3 is 2.75 bits per heavy atom. The van der Waals surface area contributed by atoms with Crippen LogP contribution in [-0.4, -0.2) is 36.2 Å². The SMILES string of the molecule is CSCC(C)Cn1c(N)nc2c(S(C)(=O)=O)cccc21. The fourth-order valence-corrected chi connectivity index (χ4v) is 3.78. The Balaban J connectivity index is 2.55. The van der Waals surface area contributed by atoms with E-state index in [4.69, 9.17) is 5.73 Å². The quantitative estimate of drug-likeness (QED) is 0.913. The van der Waals surface area contributed by atoms with Crippen LogP contribution in [0.4, 0.5) is 5.95 Å². The van der Waals surface area contributed by atoms with E-state index in [9.17, 15) is 8.42 Å². The second-order valence-electron chi connectivity index (χ2n) is 5.04. The summed E-state index contributed by atoms with van der Waals surface area (Å²) in [5.41, 5.74) is 7.20. The Hall–Kier alpha value is -1.21. The van der Waals surface area contributed by atoms with Crippen molar-refractivity contribution in [1.29, 1.82) is 0 Å². The molecule has 20 heavy (non-hydrogen) atoms. The minimum absolute atomic E-state index is 0.234. The molecule has 0 bridgehead atoms. The van der Waals surface area contributed by atoms with E-state index in [0.717, 1.165) is 17.8 Å². The van der Waals surface area contributed by atoms with Crippen LogP contribution in [0.5, 0.6) is 0 Å². The zero-order valence-electron chi connectivity index (χ0n) is 11.8. The number of nitrogen functional groups attached to an aromatic ring is 1. The van der Waals surface area contributed by atoms with Crippen molar-refractivity contribution in [2.24, 2.45) is 5.92 Å². The Kier molecular flexibility index (Phi) is 4.29. The molecule has 0 fully saturated rings. The maximum absolute atomic E-state index is 11.8. The lowest BCUT2D eigenvalue weighted by atomic mass is 10.2. The summed E-state index contributed by atoms with van der Waals surface area (Å²) in [7, 11) is -3.31. The van der Waals surface area contributed by atoms with Crippen LogP contribution in [0.25, 0.3) is 11.0 Å². The number of nitrogens with zero attached hydrogens (tertiary/aromatic N) is 2. The highest BCUT2D eigenvalue weighted by Crippen LogP contribution is 2.26. The highest BCUT2D eigenvalue weighted by Gasteiger charge is 2.18. The van der Waals surface area contributed by atoms with Crippen LogP contribution in [0.3, 0.4) is 0 Å². The largest absolute Gasteiger partial charge is 0.369 e. The molecule has 2 aromatic rings.